The third kappa shape index (κ3) is 7.71. The maximum atomic E-state index is 14.2. The van der Waals surface area contributed by atoms with Crippen molar-refractivity contribution in [3.63, 3.8) is 0 Å². The van der Waals surface area contributed by atoms with E-state index in [0.717, 1.165) is 43.9 Å². The summed E-state index contributed by atoms with van der Waals surface area (Å²) in [6, 6.07) is 9.77. The molecule has 0 radical (unpaired) electrons. The van der Waals surface area contributed by atoms with Crippen molar-refractivity contribution in [2.75, 3.05) is 59.4 Å². The van der Waals surface area contributed by atoms with Crippen LogP contribution in [-0.2, 0) is 19.6 Å². The largest absolute Gasteiger partial charge is 0.415 e. The van der Waals surface area contributed by atoms with Gasteiger partial charge in [0.1, 0.15) is 11.5 Å². The summed E-state index contributed by atoms with van der Waals surface area (Å²) in [5, 5.41) is 0. The number of ether oxygens (including phenoxy) is 2. The van der Waals surface area contributed by atoms with Crippen LogP contribution in [0.1, 0.15) is 80.1 Å². The molecule has 0 bridgehead atoms. The molecule has 2 aliphatic rings. The van der Waals surface area contributed by atoms with Crippen LogP contribution < -0.4 is 9.47 Å². The van der Waals surface area contributed by atoms with Gasteiger partial charge >= 0.3 is 12.2 Å². The van der Waals surface area contributed by atoms with Crippen LogP contribution in [0.4, 0.5) is 9.59 Å². The Labute approximate surface area is 262 Å². The maximum Gasteiger partial charge on any atom is 0.415 e. The monoisotopic (exact) mass is 607 g/mol. The molecule has 0 aromatic heterocycles. The first-order valence-corrected chi connectivity index (χ1v) is 16.0. The molecule has 2 heterocycles. The number of nitrogens with zero attached hydrogens (tertiary/aromatic N) is 5. The van der Waals surface area contributed by atoms with Crippen LogP contribution in [0.15, 0.2) is 30.3 Å². The van der Waals surface area contributed by atoms with Crippen LogP contribution in [0.5, 0.6) is 11.5 Å². The van der Waals surface area contributed by atoms with Gasteiger partial charge in [0, 0.05) is 78.1 Å². The van der Waals surface area contributed by atoms with E-state index >= 15 is 0 Å². The van der Waals surface area contributed by atoms with E-state index in [1.165, 1.54) is 11.6 Å². The number of fused-ring (bicyclic) bond motifs is 1. The van der Waals surface area contributed by atoms with E-state index in [1.54, 1.807) is 20.8 Å². The molecule has 2 aliphatic heterocycles. The third-order valence-corrected chi connectivity index (χ3v) is 8.68. The average Bonchev–Trinajstić information content (AvgIpc) is 3.43. The van der Waals surface area contributed by atoms with Gasteiger partial charge in [-0.2, -0.15) is 0 Å². The molecular formula is C34H49N5O5. The molecule has 0 spiro atoms. The van der Waals surface area contributed by atoms with E-state index in [-0.39, 0.29) is 28.9 Å². The number of hydrogen-bond acceptors (Lipinski definition) is 7. The molecule has 2 aromatic carbocycles. The molecule has 0 unspecified atom stereocenters. The molecule has 44 heavy (non-hydrogen) atoms. The fourth-order valence-electron chi connectivity index (χ4n) is 5.77. The summed E-state index contributed by atoms with van der Waals surface area (Å²) in [6.45, 7) is 19.5. The van der Waals surface area contributed by atoms with Crippen LogP contribution in [0.2, 0.25) is 0 Å². The van der Waals surface area contributed by atoms with Crippen molar-refractivity contribution in [1.82, 2.24) is 24.5 Å². The molecule has 10 nitrogen and oxygen atoms in total. The molecule has 2 aromatic rings. The molecule has 0 atom stereocenters. The summed E-state index contributed by atoms with van der Waals surface area (Å²) in [6.07, 6.45) is -1.04. The molecule has 1 saturated heterocycles. The fraction of sp³-hybridized carbons (Fsp3) is 0.559. The Balaban J connectivity index is 1.63. The number of piperazine rings is 1. The quantitative estimate of drug-likeness (QED) is 0.358. The first-order chi connectivity index (χ1) is 21.1. The van der Waals surface area contributed by atoms with Gasteiger partial charge in [0.25, 0.3) is 5.91 Å². The van der Waals surface area contributed by atoms with E-state index in [1.807, 2.05) is 41.5 Å². The molecule has 1 fully saturated rings. The van der Waals surface area contributed by atoms with Gasteiger partial charge in [0.2, 0.25) is 0 Å². The summed E-state index contributed by atoms with van der Waals surface area (Å²) in [5.74, 6) is 0.0913. The van der Waals surface area contributed by atoms with Crippen molar-refractivity contribution < 1.29 is 23.9 Å². The lowest BCUT2D eigenvalue weighted by molar-refractivity contribution is 0.0747. The fourth-order valence-corrected chi connectivity index (χ4v) is 5.77. The molecular weight excluding hydrogens is 558 g/mol. The first-order valence-electron chi connectivity index (χ1n) is 16.0. The second-order valence-electron chi connectivity index (χ2n) is 12.0. The standard InChI is InChI=1S/C34H49N5O5/c1-8-37(9-2)33(41)43-30-20-31(44-34(42)38(10-3)11-4)29(19-28(30)24(5)6)32(40)39-22-26-13-12-25(18-27(26)23-39)21-36-16-14-35(7)15-17-36/h12-13,18-20,24H,8-11,14-17,21-23H2,1-7H3. The number of amides is 3. The molecule has 240 valence electrons. The molecule has 0 aliphatic carbocycles. The van der Waals surface area contributed by atoms with Crippen molar-refractivity contribution in [3.05, 3.63) is 58.1 Å². The van der Waals surface area contributed by atoms with Crippen molar-refractivity contribution in [2.45, 2.75) is 67.1 Å². The number of hydrogen-bond donors (Lipinski definition) is 0. The average molecular weight is 608 g/mol. The number of likely N-dealkylation sites (N-methyl/N-ethyl adjacent to an activating group) is 1. The molecule has 0 N–H and O–H groups in total. The molecule has 4 rings (SSSR count). The highest BCUT2D eigenvalue weighted by atomic mass is 16.6. The minimum absolute atomic E-state index is 0.0542. The summed E-state index contributed by atoms with van der Waals surface area (Å²) in [7, 11) is 2.16. The predicted octanol–water partition coefficient (Wildman–Crippen LogP) is 5.39. The minimum Gasteiger partial charge on any atom is -0.410 e. The Morgan fingerprint density at radius 2 is 1.34 bits per heavy atom. The Morgan fingerprint density at radius 1 is 0.773 bits per heavy atom. The van der Waals surface area contributed by atoms with Crippen LogP contribution in [0, 0.1) is 0 Å². The lowest BCUT2D eigenvalue weighted by atomic mass is 9.98. The van der Waals surface area contributed by atoms with Crippen molar-refractivity contribution in [3.8, 4) is 11.5 Å². The number of benzene rings is 2. The number of carbonyl (C=O) groups excluding carboxylic acids is 3. The van der Waals surface area contributed by atoms with Gasteiger partial charge in [0.05, 0.1) is 5.56 Å². The Hall–Kier alpha value is -3.63. The number of carbonyl (C=O) groups is 3. The predicted molar refractivity (Wildman–Crippen MR) is 171 cm³/mol. The zero-order valence-electron chi connectivity index (χ0n) is 27.5. The Kier molecular flexibility index (Phi) is 11.3. The Morgan fingerprint density at radius 3 is 1.91 bits per heavy atom. The minimum atomic E-state index is -0.555. The Bertz CT molecular complexity index is 1330. The highest BCUT2D eigenvalue weighted by Gasteiger charge is 2.30. The van der Waals surface area contributed by atoms with Gasteiger partial charge in [0.15, 0.2) is 0 Å². The van der Waals surface area contributed by atoms with E-state index in [9.17, 15) is 14.4 Å². The SMILES string of the molecule is CCN(CC)C(=O)Oc1cc(OC(=O)N(CC)CC)c(C(C)C)cc1C(=O)N1Cc2ccc(CN3CCN(C)CC3)cc2C1. The van der Waals surface area contributed by atoms with Gasteiger partial charge in [-0.25, -0.2) is 9.59 Å². The molecule has 3 amide bonds. The van der Waals surface area contributed by atoms with Crippen molar-refractivity contribution in [2.24, 2.45) is 0 Å². The van der Waals surface area contributed by atoms with Gasteiger partial charge < -0.3 is 29.1 Å². The van der Waals surface area contributed by atoms with E-state index in [2.05, 4.69) is 35.0 Å². The third-order valence-electron chi connectivity index (χ3n) is 8.68. The highest BCUT2D eigenvalue weighted by Crippen LogP contribution is 2.37. The van der Waals surface area contributed by atoms with E-state index < -0.39 is 12.2 Å². The van der Waals surface area contributed by atoms with Crippen molar-refractivity contribution >= 4 is 18.1 Å². The lowest BCUT2D eigenvalue weighted by Gasteiger charge is -2.32. The molecule has 10 heteroatoms. The van der Waals surface area contributed by atoms with Crippen molar-refractivity contribution in [1.29, 1.82) is 0 Å². The van der Waals surface area contributed by atoms with Crippen LogP contribution in [0.25, 0.3) is 0 Å². The topological polar surface area (TPSA) is 85.9 Å². The van der Waals surface area contributed by atoms with Gasteiger partial charge in [-0.15, -0.1) is 0 Å². The van der Waals surface area contributed by atoms with Crippen LogP contribution in [-0.4, -0.2) is 102 Å². The highest BCUT2D eigenvalue weighted by molar-refractivity contribution is 5.98. The zero-order chi connectivity index (χ0) is 32.0. The van der Waals surface area contributed by atoms with Crippen LogP contribution >= 0.6 is 0 Å². The summed E-state index contributed by atoms with van der Waals surface area (Å²) in [5.41, 5.74) is 4.49. The second kappa shape index (κ2) is 14.9. The summed E-state index contributed by atoms with van der Waals surface area (Å²) in [4.78, 5) is 49.9. The van der Waals surface area contributed by atoms with Gasteiger partial charge in [-0.1, -0.05) is 32.0 Å². The number of rotatable bonds is 10. The lowest BCUT2D eigenvalue weighted by Crippen LogP contribution is -2.43. The summed E-state index contributed by atoms with van der Waals surface area (Å²) < 4.78 is 11.7. The van der Waals surface area contributed by atoms with E-state index in [0.29, 0.717) is 44.8 Å². The zero-order valence-corrected chi connectivity index (χ0v) is 27.5. The van der Waals surface area contributed by atoms with Gasteiger partial charge in [-0.3, -0.25) is 9.69 Å². The second-order valence-corrected chi connectivity index (χ2v) is 12.0. The normalized spacial score (nSPS) is 15.3. The molecule has 0 saturated carbocycles. The maximum absolute atomic E-state index is 14.2. The first kappa shape index (κ1) is 33.3. The van der Waals surface area contributed by atoms with Crippen LogP contribution in [0.3, 0.4) is 0 Å². The van der Waals surface area contributed by atoms with E-state index in [4.69, 9.17) is 9.47 Å². The van der Waals surface area contributed by atoms with Gasteiger partial charge in [-0.05, 0) is 69.0 Å². The smallest absolute Gasteiger partial charge is 0.410 e. The summed E-state index contributed by atoms with van der Waals surface area (Å²) >= 11 is 0.